The largest absolute Gasteiger partial charge is 0.478 e. The van der Waals surface area contributed by atoms with Crippen molar-refractivity contribution in [2.45, 2.75) is 32.3 Å². The van der Waals surface area contributed by atoms with Crippen molar-refractivity contribution in [3.05, 3.63) is 33.4 Å². The van der Waals surface area contributed by atoms with E-state index < -0.39 is 21.9 Å². The van der Waals surface area contributed by atoms with E-state index in [0.717, 1.165) is 10.9 Å². The monoisotopic (exact) mass is 386 g/mol. The zero-order valence-corrected chi connectivity index (χ0v) is 15.7. The quantitative estimate of drug-likeness (QED) is 0.700. The van der Waals surface area contributed by atoms with Crippen LogP contribution >= 0.6 is 11.3 Å². The molecule has 8 nitrogen and oxygen atoms in total. The fourth-order valence-corrected chi connectivity index (χ4v) is 4.24. The molecule has 1 amide bonds. The Kier molecular flexibility index (Phi) is 5.35. The minimum absolute atomic E-state index is 0.0225. The molecule has 2 rings (SSSR count). The van der Waals surface area contributed by atoms with E-state index in [1.807, 2.05) is 6.92 Å². The SMILES string of the molecule is CCc1c(C)sc(NC(=O)c2cc(S(=O)(=O)NC)oc2C)c1C(=O)O. The van der Waals surface area contributed by atoms with E-state index in [2.05, 4.69) is 10.0 Å². The maximum Gasteiger partial charge on any atom is 0.339 e. The number of aromatic carboxylic acids is 1. The smallest absolute Gasteiger partial charge is 0.339 e. The molecular weight excluding hydrogens is 368 g/mol. The topological polar surface area (TPSA) is 126 Å². The lowest BCUT2D eigenvalue weighted by Gasteiger charge is -2.04. The van der Waals surface area contributed by atoms with E-state index in [1.165, 1.54) is 25.3 Å². The van der Waals surface area contributed by atoms with Crippen LogP contribution in [0.25, 0.3) is 0 Å². The van der Waals surface area contributed by atoms with Crippen molar-refractivity contribution in [2.75, 3.05) is 12.4 Å². The van der Waals surface area contributed by atoms with Crippen molar-refractivity contribution >= 4 is 38.2 Å². The predicted octanol–water partition coefficient (Wildman–Crippen LogP) is 2.38. The van der Waals surface area contributed by atoms with Crippen LogP contribution in [-0.4, -0.2) is 32.4 Å². The molecule has 0 bridgehead atoms. The number of rotatable bonds is 6. The van der Waals surface area contributed by atoms with Gasteiger partial charge in [-0.15, -0.1) is 11.3 Å². The van der Waals surface area contributed by atoms with Crippen LogP contribution in [-0.2, 0) is 16.4 Å². The summed E-state index contributed by atoms with van der Waals surface area (Å²) in [5, 5.41) is 11.8. The van der Waals surface area contributed by atoms with E-state index >= 15 is 0 Å². The van der Waals surface area contributed by atoms with Crippen LogP contribution in [0, 0.1) is 13.8 Å². The van der Waals surface area contributed by atoms with Gasteiger partial charge in [0.05, 0.1) is 11.1 Å². The molecule has 136 valence electrons. The van der Waals surface area contributed by atoms with Crippen LogP contribution in [0.2, 0.25) is 0 Å². The molecule has 10 heteroatoms. The summed E-state index contributed by atoms with van der Waals surface area (Å²) >= 11 is 1.17. The summed E-state index contributed by atoms with van der Waals surface area (Å²) in [5.74, 6) is -1.64. The number of carbonyl (C=O) groups is 2. The summed E-state index contributed by atoms with van der Waals surface area (Å²) in [6.45, 7) is 5.08. The summed E-state index contributed by atoms with van der Waals surface area (Å²) in [5.41, 5.74) is 0.743. The second-order valence-electron chi connectivity index (χ2n) is 5.20. The van der Waals surface area contributed by atoms with E-state index in [4.69, 9.17) is 4.42 Å². The van der Waals surface area contributed by atoms with Crippen molar-refractivity contribution < 1.29 is 27.5 Å². The number of hydrogen-bond acceptors (Lipinski definition) is 6. The molecule has 2 aromatic heterocycles. The lowest BCUT2D eigenvalue weighted by Crippen LogP contribution is -2.18. The highest BCUT2D eigenvalue weighted by Crippen LogP contribution is 2.34. The lowest BCUT2D eigenvalue weighted by atomic mass is 10.1. The Hall–Kier alpha value is -2.17. The average Bonchev–Trinajstić information content (AvgIpc) is 3.07. The third kappa shape index (κ3) is 3.60. The van der Waals surface area contributed by atoms with Gasteiger partial charge in [-0.05, 0) is 32.9 Å². The van der Waals surface area contributed by atoms with Gasteiger partial charge in [-0.3, -0.25) is 4.79 Å². The molecule has 25 heavy (non-hydrogen) atoms. The number of anilines is 1. The first-order valence-corrected chi connectivity index (χ1v) is 9.63. The number of thiophene rings is 1. The Morgan fingerprint density at radius 2 is 1.96 bits per heavy atom. The van der Waals surface area contributed by atoms with Crippen molar-refractivity contribution in [1.82, 2.24) is 4.72 Å². The highest BCUT2D eigenvalue weighted by atomic mass is 32.2. The summed E-state index contributed by atoms with van der Waals surface area (Å²) < 4.78 is 30.8. The third-order valence-corrected chi connectivity index (χ3v) is 6.01. The molecule has 0 saturated heterocycles. The first kappa shape index (κ1) is 19.2. The van der Waals surface area contributed by atoms with Crippen LogP contribution < -0.4 is 10.0 Å². The van der Waals surface area contributed by atoms with Crippen LogP contribution in [0.15, 0.2) is 15.6 Å². The molecule has 0 aliphatic heterocycles. The molecule has 0 radical (unpaired) electrons. The predicted molar refractivity (Wildman–Crippen MR) is 93.0 cm³/mol. The number of furan rings is 1. The summed E-state index contributed by atoms with van der Waals surface area (Å²) in [4.78, 5) is 24.8. The number of sulfonamides is 1. The molecule has 0 aromatic carbocycles. The maximum absolute atomic E-state index is 12.5. The lowest BCUT2D eigenvalue weighted by molar-refractivity contribution is 0.0697. The van der Waals surface area contributed by atoms with Gasteiger partial charge in [0.15, 0.2) is 0 Å². The Morgan fingerprint density at radius 3 is 2.48 bits per heavy atom. The summed E-state index contributed by atoms with van der Waals surface area (Å²) in [6, 6.07) is 1.11. The molecule has 0 aliphatic carbocycles. The molecular formula is C15H18N2O6S2. The molecule has 2 heterocycles. The van der Waals surface area contributed by atoms with E-state index in [-0.39, 0.29) is 27.0 Å². The molecule has 0 fully saturated rings. The third-order valence-electron chi connectivity index (χ3n) is 3.68. The standard InChI is InChI=1S/C15H18N2O6S2/c1-5-9-8(3)24-14(12(9)15(19)20)17-13(18)10-6-11(23-7(10)2)25(21,22)16-4/h6,16H,5H2,1-4H3,(H,17,18)(H,19,20). The van der Waals surface area contributed by atoms with Crippen LogP contribution in [0.5, 0.6) is 0 Å². The minimum atomic E-state index is -3.82. The second kappa shape index (κ2) is 6.98. The second-order valence-corrected chi connectivity index (χ2v) is 8.24. The van der Waals surface area contributed by atoms with Gasteiger partial charge in [0.2, 0.25) is 5.09 Å². The summed E-state index contributed by atoms with van der Waals surface area (Å²) in [6.07, 6.45) is 0.523. The first-order valence-electron chi connectivity index (χ1n) is 7.33. The molecule has 3 N–H and O–H groups in total. The fourth-order valence-electron chi connectivity index (χ4n) is 2.40. The number of carbonyl (C=O) groups excluding carboxylic acids is 1. The zero-order chi connectivity index (χ0) is 18.9. The van der Waals surface area contributed by atoms with Crippen LogP contribution in [0.3, 0.4) is 0 Å². The fraction of sp³-hybridized carbons (Fsp3) is 0.333. The minimum Gasteiger partial charge on any atom is -0.478 e. The Balaban J connectivity index is 2.41. The van der Waals surface area contributed by atoms with E-state index in [0.29, 0.717) is 12.0 Å². The molecule has 0 saturated carbocycles. The number of hydrogen-bond donors (Lipinski definition) is 3. The average molecular weight is 386 g/mol. The first-order chi connectivity index (χ1) is 11.6. The molecule has 2 aromatic rings. The van der Waals surface area contributed by atoms with Gasteiger partial charge in [-0.25, -0.2) is 17.9 Å². The van der Waals surface area contributed by atoms with E-state index in [1.54, 1.807) is 6.92 Å². The number of aryl methyl sites for hydroxylation is 2. The highest BCUT2D eigenvalue weighted by Gasteiger charge is 2.26. The van der Waals surface area contributed by atoms with Crippen LogP contribution in [0.1, 0.15) is 43.8 Å². The molecule has 0 atom stereocenters. The van der Waals surface area contributed by atoms with Gasteiger partial charge in [-0.1, -0.05) is 6.92 Å². The van der Waals surface area contributed by atoms with Gasteiger partial charge in [0, 0.05) is 10.9 Å². The van der Waals surface area contributed by atoms with Gasteiger partial charge in [0.25, 0.3) is 15.9 Å². The van der Waals surface area contributed by atoms with Crippen molar-refractivity contribution in [3.63, 3.8) is 0 Å². The number of carboxylic acid groups (broad SMARTS) is 1. The van der Waals surface area contributed by atoms with Crippen molar-refractivity contribution in [1.29, 1.82) is 0 Å². The molecule has 0 spiro atoms. The van der Waals surface area contributed by atoms with Gasteiger partial charge in [-0.2, -0.15) is 0 Å². The number of carboxylic acids is 1. The van der Waals surface area contributed by atoms with Crippen molar-refractivity contribution in [2.24, 2.45) is 0 Å². The number of nitrogens with one attached hydrogen (secondary N) is 2. The Morgan fingerprint density at radius 1 is 1.32 bits per heavy atom. The molecule has 0 aliphatic rings. The zero-order valence-electron chi connectivity index (χ0n) is 14.1. The normalized spacial score (nSPS) is 11.5. The highest BCUT2D eigenvalue weighted by molar-refractivity contribution is 7.89. The molecule has 0 unspecified atom stereocenters. The number of amides is 1. The Labute approximate surface area is 148 Å². The van der Waals surface area contributed by atoms with E-state index in [9.17, 15) is 23.1 Å². The van der Waals surface area contributed by atoms with Gasteiger partial charge in [0.1, 0.15) is 10.8 Å². The Bertz CT molecular complexity index is 940. The van der Waals surface area contributed by atoms with Gasteiger partial charge < -0.3 is 14.8 Å². The van der Waals surface area contributed by atoms with Gasteiger partial charge >= 0.3 is 5.97 Å². The van der Waals surface area contributed by atoms with Crippen molar-refractivity contribution in [3.8, 4) is 0 Å². The maximum atomic E-state index is 12.5. The van der Waals surface area contributed by atoms with Crippen LogP contribution in [0.4, 0.5) is 5.00 Å². The summed E-state index contributed by atoms with van der Waals surface area (Å²) in [7, 11) is -2.59.